The number of halogens is 2. The van der Waals surface area contributed by atoms with E-state index in [1.54, 1.807) is 12.1 Å². The highest BCUT2D eigenvalue weighted by molar-refractivity contribution is 9.11. The predicted molar refractivity (Wildman–Crippen MR) is 125 cm³/mol. The van der Waals surface area contributed by atoms with Gasteiger partial charge in [-0.3, -0.25) is 5.10 Å². The summed E-state index contributed by atoms with van der Waals surface area (Å²) in [5.41, 5.74) is 10.8. The second-order valence-electron chi connectivity index (χ2n) is 7.87. The lowest BCUT2D eigenvalue weighted by atomic mass is 9.83. The summed E-state index contributed by atoms with van der Waals surface area (Å²) in [5, 5.41) is 27.4. The van der Waals surface area contributed by atoms with Gasteiger partial charge in [-0.1, -0.05) is 38.1 Å². The first-order valence-corrected chi connectivity index (χ1v) is 11.3. The van der Waals surface area contributed by atoms with Gasteiger partial charge in [0.25, 0.3) is 0 Å². The summed E-state index contributed by atoms with van der Waals surface area (Å²) in [6.07, 6.45) is 1.00. The number of benzene rings is 2. The molecule has 2 heterocycles. The lowest BCUT2D eigenvalue weighted by Crippen LogP contribution is -2.21. The minimum Gasteiger partial charge on any atom is -0.506 e. The van der Waals surface area contributed by atoms with Crippen LogP contribution >= 0.6 is 31.9 Å². The van der Waals surface area contributed by atoms with Gasteiger partial charge in [-0.15, -0.1) is 5.10 Å². The van der Waals surface area contributed by atoms with Crippen LogP contribution in [0, 0.1) is 17.2 Å². The zero-order chi connectivity index (χ0) is 22.3. The molecule has 1 aromatic heterocycles. The predicted octanol–water partition coefficient (Wildman–Crippen LogP) is 5.72. The Bertz CT molecular complexity index is 1200. The number of phenols is 1. The summed E-state index contributed by atoms with van der Waals surface area (Å²) >= 11 is 6.75. The Kier molecular flexibility index (Phi) is 5.82. The van der Waals surface area contributed by atoms with Gasteiger partial charge < -0.3 is 15.6 Å². The van der Waals surface area contributed by atoms with E-state index >= 15 is 0 Å². The lowest BCUT2D eigenvalue weighted by Gasteiger charge is -2.24. The Labute approximate surface area is 197 Å². The Morgan fingerprint density at radius 2 is 1.87 bits per heavy atom. The minimum absolute atomic E-state index is 0.0191. The largest absolute Gasteiger partial charge is 0.506 e. The van der Waals surface area contributed by atoms with Crippen LogP contribution in [0.1, 0.15) is 36.5 Å². The molecule has 8 heteroatoms. The molecule has 1 aliphatic heterocycles. The average Bonchev–Trinajstić information content (AvgIpc) is 3.14. The third kappa shape index (κ3) is 3.95. The number of nitrogens with two attached hydrogens (primary N) is 1. The maximum Gasteiger partial charge on any atom is 0.244 e. The van der Waals surface area contributed by atoms with E-state index in [1.807, 2.05) is 12.1 Å². The van der Waals surface area contributed by atoms with Crippen molar-refractivity contribution in [1.82, 2.24) is 10.2 Å². The molecule has 31 heavy (non-hydrogen) atoms. The van der Waals surface area contributed by atoms with Crippen molar-refractivity contribution in [3.63, 3.8) is 0 Å². The first kappa shape index (κ1) is 21.5. The van der Waals surface area contributed by atoms with E-state index in [0.717, 1.165) is 28.8 Å². The fraction of sp³-hybridized carbons (Fsp3) is 0.217. The molecule has 4 rings (SSSR count). The SMILES string of the molecule is CC(C)Cc1ccc(-c2[nH]nc3c2C(c2cc(Br)c(O)c(Br)c2)C(C#N)=C(N)O3)cc1. The summed E-state index contributed by atoms with van der Waals surface area (Å²) in [7, 11) is 0. The van der Waals surface area contributed by atoms with Crippen molar-refractivity contribution in [2.45, 2.75) is 26.2 Å². The monoisotopic (exact) mass is 542 g/mol. The van der Waals surface area contributed by atoms with Crippen LogP contribution in [0.4, 0.5) is 0 Å². The van der Waals surface area contributed by atoms with Crippen LogP contribution in [-0.4, -0.2) is 15.3 Å². The van der Waals surface area contributed by atoms with Gasteiger partial charge in [0, 0.05) is 5.56 Å². The molecular weight excluding hydrogens is 524 g/mol. The molecule has 1 atom stereocenters. The molecule has 0 fully saturated rings. The molecule has 0 aliphatic carbocycles. The number of fused-ring (bicyclic) bond motifs is 1. The quantitative estimate of drug-likeness (QED) is 0.389. The molecule has 0 saturated carbocycles. The summed E-state index contributed by atoms with van der Waals surface area (Å²) in [6, 6.07) is 14.0. The maximum absolute atomic E-state index is 10.1. The normalized spacial score (nSPS) is 15.5. The summed E-state index contributed by atoms with van der Waals surface area (Å²) in [6.45, 7) is 4.38. The fourth-order valence-electron chi connectivity index (χ4n) is 3.83. The third-order valence-electron chi connectivity index (χ3n) is 5.20. The number of hydrogen-bond donors (Lipinski definition) is 3. The number of aromatic hydroxyl groups is 1. The molecule has 1 unspecified atom stereocenters. The second kappa shape index (κ2) is 8.40. The molecule has 2 aromatic carbocycles. The van der Waals surface area contributed by atoms with Gasteiger partial charge in [0.15, 0.2) is 0 Å². The van der Waals surface area contributed by atoms with Crippen LogP contribution in [0.25, 0.3) is 11.3 Å². The summed E-state index contributed by atoms with van der Waals surface area (Å²) < 4.78 is 6.68. The second-order valence-corrected chi connectivity index (χ2v) is 9.58. The van der Waals surface area contributed by atoms with Gasteiger partial charge in [-0.25, -0.2) is 0 Å². The van der Waals surface area contributed by atoms with Gasteiger partial charge >= 0.3 is 0 Å². The van der Waals surface area contributed by atoms with E-state index < -0.39 is 5.92 Å². The van der Waals surface area contributed by atoms with Crippen LogP contribution < -0.4 is 10.5 Å². The van der Waals surface area contributed by atoms with E-state index in [4.69, 9.17) is 10.5 Å². The zero-order valence-electron chi connectivity index (χ0n) is 16.9. The molecule has 0 saturated heterocycles. The highest BCUT2D eigenvalue weighted by Crippen LogP contribution is 2.47. The molecule has 158 valence electrons. The van der Waals surface area contributed by atoms with Crippen LogP contribution in [0.2, 0.25) is 0 Å². The molecule has 0 amide bonds. The molecule has 0 bridgehead atoms. The number of nitrogens with one attached hydrogen (secondary N) is 1. The molecule has 1 aliphatic rings. The number of rotatable bonds is 4. The highest BCUT2D eigenvalue weighted by Gasteiger charge is 2.36. The number of aromatic nitrogens is 2. The van der Waals surface area contributed by atoms with Gasteiger partial charge in [0.2, 0.25) is 11.8 Å². The van der Waals surface area contributed by atoms with Crippen molar-refractivity contribution in [3.8, 4) is 29.0 Å². The number of nitriles is 1. The minimum atomic E-state index is -0.508. The van der Waals surface area contributed by atoms with Crippen LogP contribution in [0.15, 0.2) is 56.8 Å². The first-order valence-electron chi connectivity index (χ1n) is 9.73. The standard InChI is InChI=1S/C23H20Br2N4O2/c1-11(2)7-12-3-5-13(6-4-12)20-19-18(14-8-16(24)21(30)17(25)9-14)15(10-26)22(27)31-23(19)29-28-20/h3-6,8-9,11,18,30H,7,27H2,1-2H3,(H,28,29). The van der Waals surface area contributed by atoms with Crippen molar-refractivity contribution in [2.75, 3.05) is 0 Å². The molecule has 0 spiro atoms. The van der Waals surface area contributed by atoms with Crippen LogP contribution in [0.5, 0.6) is 11.6 Å². The summed E-state index contributed by atoms with van der Waals surface area (Å²) in [4.78, 5) is 0. The van der Waals surface area contributed by atoms with E-state index in [2.05, 4.69) is 74.1 Å². The van der Waals surface area contributed by atoms with E-state index in [1.165, 1.54) is 5.56 Å². The van der Waals surface area contributed by atoms with Gasteiger partial charge in [-0.05, 0) is 67.5 Å². The zero-order valence-corrected chi connectivity index (χ0v) is 20.1. The number of phenolic OH excluding ortho intramolecular Hbond substituents is 1. The Balaban J connectivity index is 1.87. The fourth-order valence-corrected chi connectivity index (χ4v) is 5.05. The van der Waals surface area contributed by atoms with E-state index in [-0.39, 0.29) is 17.2 Å². The Morgan fingerprint density at radius 1 is 1.23 bits per heavy atom. The van der Waals surface area contributed by atoms with Crippen molar-refractivity contribution >= 4 is 31.9 Å². The van der Waals surface area contributed by atoms with Gasteiger partial charge in [-0.2, -0.15) is 5.26 Å². The highest BCUT2D eigenvalue weighted by atomic mass is 79.9. The molecule has 3 aromatic rings. The maximum atomic E-state index is 10.1. The molecule has 0 radical (unpaired) electrons. The topological polar surface area (TPSA) is 108 Å². The average molecular weight is 544 g/mol. The van der Waals surface area contributed by atoms with Crippen LogP contribution in [0.3, 0.4) is 0 Å². The van der Waals surface area contributed by atoms with Gasteiger partial charge in [0.05, 0.1) is 26.1 Å². The number of allylic oxidation sites excluding steroid dienone is 1. The van der Waals surface area contributed by atoms with Crippen molar-refractivity contribution < 1.29 is 9.84 Å². The Hall–Kier alpha value is -2.76. The van der Waals surface area contributed by atoms with E-state index in [9.17, 15) is 10.4 Å². The van der Waals surface area contributed by atoms with E-state index in [0.29, 0.717) is 20.7 Å². The van der Waals surface area contributed by atoms with Crippen molar-refractivity contribution in [2.24, 2.45) is 11.7 Å². The lowest BCUT2D eigenvalue weighted by molar-refractivity contribution is 0.379. The molecule has 6 nitrogen and oxygen atoms in total. The number of hydrogen-bond acceptors (Lipinski definition) is 5. The number of aromatic amines is 1. The third-order valence-corrected chi connectivity index (χ3v) is 6.41. The summed E-state index contributed by atoms with van der Waals surface area (Å²) in [5.74, 6) is 0.501. The van der Waals surface area contributed by atoms with Crippen LogP contribution in [-0.2, 0) is 6.42 Å². The van der Waals surface area contributed by atoms with Crippen molar-refractivity contribution in [1.29, 1.82) is 5.26 Å². The van der Waals surface area contributed by atoms with Gasteiger partial charge in [0.1, 0.15) is 17.4 Å². The number of nitrogens with zero attached hydrogens (tertiary/aromatic N) is 2. The molecule has 4 N–H and O–H groups in total. The Morgan fingerprint density at radius 3 is 2.45 bits per heavy atom. The smallest absolute Gasteiger partial charge is 0.244 e. The first-order chi connectivity index (χ1) is 14.8. The number of H-pyrrole nitrogens is 1. The molecular formula is C23H20Br2N4O2. The van der Waals surface area contributed by atoms with Crippen molar-refractivity contribution in [3.05, 3.63) is 73.5 Å². The number of ether oxygens (including phenoxy) is 1.